The van der Waals surface area contributed by atoms with Gasteiger partial charge in [-0.3, -0.25) is 9.59 Å². The molecule has 1 atom stereocenters. The summed E-state index contributed by atoms with van der Waals surface area (Å²) in [6, 6.07) is 8.87. The number of aromatic amines is 1. The molecule has 1 aromatic heterocycles. The molecule has 0 bridgehead atoms. The fourth-order valence-electron chi connectivity index (χ4n) is 3.56. The van der Waals surface area contributed by atoms with Gasteiger partial charge < -0.3 is 25.1 Å². The maximum Gasteiger partial charge on any atom is 0.251 e. The van der Waals surface area contributed by atoms with Crippen LogP contribution in [0.4, 0.5) is 0 Å². The molecule has 150 valence electrons. The topological polar surface area (TPSA) is 92.5 Å². The highest BCUT2D eigenvalue weighted by atomic mass is 16.5. The van der Waals surface area contributed by atoms with E-state index in [1.54, 1.807) is 38.5 Å². The lowest BCUT2D eigenvalue weighted by atomic mass is 9.91. The number of rotatable bonds is 8. The van der Waals surface area contributed by atoms with Gasteiger partial charge in [-0.25, -0.2) is 0 Å². The van der Waals surface area contributed by atoms with Gasteiger partial charge in [-0.05, 0) is 56.0 Å². The molecule has 1 aliphatic carbocycles. The van der Waals surface area contributed by atoms with Crippen molar-refractivity contribution in [1.29, 1.82) is 0 Å². The number of hydrogen-bond acceptors (Lipinski definition) is 5. The summed E-state index contributed by atoms with van der Waals surface area (Å²) in [4.78, 5) is 26.7. The molecule has 7 heteroatoms. The number of methoxy groups -OCH3 is 2. The number of amides is 1. The van der Waals surface area contributed by atoms with Crippen LogP contribution in [0.1, 0.15) is 46.9 Å². The highest BCUT2D eigenvalue weighted by molar-refractivity contribution is 5.94. The third kappa shape index (κ3) is 4.72. The Labute approximate surface area is 164 Å². The van der Waals surface area contributed by atoms with Gasteiger partial charge in [-0.1, -0.05) is 6.07 Å². The van der Waals surface area contributed by atoms with E-state index in [4.69, 9.17) is 9.47 Å². The number of hydrogen-bond donors (Lipinski definition) is 3. The van der Waals surface area contributed by atoms with Crippen LogP contribution in [0, 0.1) is 0 Å². The first-order valence-electron chi connectivity index (χ1n) is 9.58. The first-order chi connectivity index (χ1) is 13.6. The Bertz CT molecular complexity index is 878. The molecule has 0 saturated heterocycles. The first-order valence-corrected chi connectivity index (χ1v) is 9.58. The fourth-order valence-corrected chi connectivity index (χ4v) is 3.56. The Hall–Kier alpha value is -2.80. The summed E-state index contributed by atoms with van der Waals surface area (Å²) in [5.41, 5.74) is 2.71. The number of fused-ring (bicyclic) bond motifs is 1. The van der Waals surface area contributed by atoms with Crippen LogP contribution in [0.3, 0.4) is 0 Å². The van der Waals surface area contributed by atoms with E-state index >= 15 is 0 Å². The summed E-state index contributed by atoms with van der Waals surface area (Å²) >= 11 is 0. The zero-order chi connectivity index (χ0) is 19.9. The van der Waals surface area contributed by atoms with E-state index in [-0.39, 0.29) is 17.5 Å². The predicted octanol–water partition coefficient (Wildman–Crippen LogP) is 2.18. The average molecular weight is 385 g/mol. The highest BCUT2D eigenvalue weighted by Gasteiger charge is 2.20. The molecule has 3 rings (SSSR count). The van der Waals surface area contributed by atoms with Crippen molar-refractivity contribution in [2.24, 2.45) is 0 Å². The van der Waals surface area contributed by atoms with Gasteiger partial charge >= 0.3 is 0 Å². The van der Waals surface area contributed by atoms with E-state index in [0.717, 1.165) is 37.9 Å². The molecule has 0 saturated carbocycles. The molecule has 0 unspecified atom stereocenters. The monoisotopic (exact) mass is 385 g/mol. The lowest BCUT2D eigenvalue weighted by molar-refractivity contribution is 0.0952. The molecular formula is C21H27N3O4. The van der Waals surface area contributed by atoms with Crippen LogP contribution in [-0.2, 0) is 6.42 Å². The number of aryl methyl sites for hydroxylation is 1. The minimum absolute atomic E-state index is 0.0442. The second-order valence-electron chi connectivity index (χ2n) is 6.83. The summed E-state index contributed by atoms with van der Waals surface area (Å²) in [5, 5.41) is 6.46. The van der Waals surface area contributed by atoms with E-state index in [2.05, 4.69) is 15.6 Å². The summed E-state index contributed by atoms with van der Waals surface area (Å²) < 4.78 is 10.4. The molecule has 28 heavy (non-hydrogen) atoms. The number of carbonyl (C=O) groups excluding carboxylic acids is 1. The molecule has 2 aromatic rings. The standard InChI is InChI=1S/C21H27N3O4/c1-27-18-9-7-14(13-19(18)28-2)21(26)23-12-4-11-22-16-5-3-6-17-15(16)8-10-20(25)24-17/h7-10,13,16,22H,3-6,11-12H2,1-2H3,(H,23,26)(H,24,25)/t16-/m0/s1. The lowest BCUT2D eigenvalue weighted by Crippen LogP contribution is -2.31. The van der Waals surface area contributed by atoms with E-state index in [1.807, 2.05) is 6.07 Å². The Morgan fingerprint density at radius 1 is 1.14 bits per heavy atom. The molecule has 7 nitrogen and oxygen atoms in total. The van der Waals surface area contributed by atoms with Crippen molar-refractivity contribution in [3.8, 4) is 11.5 Å². The fraction of sp³-hybridized carbons (Fsp3) is 0.429. The maximum atomic E-state index is 12.3. The summed E-state index contributed by atoms with van der Waals surface area (Å²) in [6.45, 7) is 1.36. The van der Waals surface area contributed by atoms with Crippen molar-refractivity contribution in [2.45, 2.75) is 31.7 Å². The van der Waals surface area contributed by atoms with Crippen molar-refractivity contribution in [3.05, 3.63) is 57.5 Å². The normalized spacial score (nSPS) is 15.6. The van der Waals surface area contributed by atoms with Crippen LogP contribution in [-0.4, -0.2) is 38.2 Å². The van der Waals surface area contributed by atoms with E-state index < -0.39 is 0 Å². The van der Waals surface area contributed by atoms with Gasteiger partial charge in [0, 0.05) is 29.9 Å². The molecule has 1 aliphatic rings. The molecule has 1 aromatic carbocycles. The molecule has 0 fully saturated rings. The Kier molecular flexibility index (Phi) is 6.71. The SMILES string of the molecule is COc1ccc(C(=O)NCCCN[C@H]2CCCc3[nH]c(=O)ccc32)cc1OC. The number of H-pyrrole nitrogens is 1. The molecule has 1 heterocycles. The van der Waals surface area contributed by atoms with Gasteiger partial charge in [-0.15, -0.1) is 0 Å². The molecule has 3 N–H and O–H groups in total. The summed E-state index contributed by atoms with van der Waals surface area (Å²) in [7, 11) is 3.11. The van der Waals surface area contributed by atoms with E-state index in [0.29, 0.717) is 23.6 Å². The minimum Gasteiger partial charge on any atom is -0.493 e. The average Bonchev–Trinajstić information content (AvgIpc) is 2.72. The number of benzene rings is 1. The summed E-state index contributed by atoms with van der Waals surface area (Å²) in [6.07, 6.45) is 3.84. The zero-order valence-corrected chi connectivity index (χ0v) is 16.3. The number of pyridine rings is 1. The quantitative estimate of drug-likeness (QED) is 0.606. The number of aromatic nitrogens is 1. The molecule has 0 aliphatic heterocycles. The lowest BCUT2D eigenvalue weighted by Gasteiger charge is -2.26. The largest absolute Gasteiger partial charge is 0.493 e. The van der Waals surface area contributed by atoms with Crippen molar-refractivity contribution < 1.29 is 14.3 Å². The molecule has 1 amide bonds. The first kappa shape index (κ1) is 19.9. The molecule has 0 radical (unpaired) electrons. The van der Waals surface area contributed by atoms with Crippen LogP contribution < -0.4 is 25.7 Å². The number of ether oxygens (including phenoxy) is 2. The number of nitrogens with one attached hydrogen (secondary N) is 3. The van der Waals surface area contributed by atoms with Gasteiger partial charge in [0.15, 0.2) is 11.5 Å². The van der Waals surface area contributed by atoms with Gasteiger partial charge in [0.25, 0.3) is 5.91 Å². The van der Waals surface area contributed by atoms with Crippen molar-refractivity contribution in [3.63, 3.8) is 0 Å². The van der Waals surface area contributed by atoms with E-state index in [1.165, 1.54) is 5.56 Å². The molecule has 0 spiro atoms. The Balaban J connectivity index is 1.45. The molecular weight excluding hydrogens is 358 g/mol. The minimum atomic E-state index is -0.137. The summed E-state index contributed by atoms with van der Waals surface area (Å²) in [5.74, 6) is 0.990. The Morgan fingerprint density at radius 3 is 2.75 bits per heavy atom. The third-order valence-corrected chi connectivity index (χ3v) is 5.01. The van der Waals surface area contributed by atoms with Crippen LogP contribution >= 0.6 is 0 Å². The van der Waals surface area contributed by atoms with Gasteiger partial charge in [0.2, 0.25) is 5.56 Å². The van der Waals surface area contributed by atoms with Crippen molar-refractivity contribution >= 4 is 5.91 Å². The second-order valence-corrected chi connectivity index (χ2v) is 6.83. The second kappa shape index (κ2) is 9.41. The van der Waals surface area contributed by atoms with Crippen molar-refractivity contribution in [1.82, 2.24) is 15.6 Å². The predicted molar refractivity (Wildman–Crippen MR) is 107 cm³/mol. The van der Waals surface area contributed by atoms with Crippen LogP contribution in [0.5, 0.6) is 11.5 Å². The third-order valence-electron chi connectivity index (χ3n) is 5.01. The Morgan fingerprint density at radius 2 is 1.96 bits per heavy atom. The van der Waals surface area contributed by atoms with Gasteiger partial charge in [0.05, 0.1) is 14.2 Å². The van der Waals surface area contributed by atoms with Gasteiger partial charge in [-0.2, -0.15) is 0 Å². The number of carbonyl (C=O) groups is 1. The van der Waals surface area contributed by atoms with Crippen LogP contribution in [0.2, 0.25) is 0 Å². The highest BCUT2D eigenvalue weighted by Crippen LogP contribution is 2.28. The van der Waals surface area contributed by atoms with Crippen molar-refractivity contribution in [2.75, 3.05) is 27.3 Å². The van der Waals surface area contributed by atoms with E-state index in [9.17, 15) is 9.59 Å². The van der Waals surface area contributed by atoms with Crippen LogP contribution in [0.25, 0.3) is 0 Å². The van der Waals surface area contributed by atoms with Gasteiger partial charge in [0.1, 0.15) is 0 Å². The zero-order valence-electron chi connectivity index (χ0n) is 16.3. The van der Waals surface area contributed by atoms with Crippen LogP contribution in [0.15, 0.2) is 35.1 Å². The smallest absolute Gasteiger partial charge is 0.251 e. The maximum absolute atomic E-state index is 12.3.